The van der Waals surface area contributed by atoms with Crippen molar-refractivity contribution in [2.45, 2.75) is 19.8 Å². The Morgan fingerprint density at radius 3 is 2.61 bits per heavy atom. The zero-order valence-electron chi connectivity index (χ0n) is 13.8. The maximum absolute atomic E-state index is 11.8. The van der Waals surface area contributed by atoms with E-state index in [2.05, 4.69) is 16.7 Å². The fourth-order valence-electron chi connectivity index (χ4n) is 2.25. The van der Waals surface area contributed by atoms with Gasteiger partial charge in [-0.15, -0.1) is 0 Å². The quantitative estimate of drug-likeness (QED) is 0.736. The summed E-state index contributed by atoms with van der Waals surface area (Å²) in [7, 11) is 1.67. The van der Waals surface area contributed by atoms with Crippen LogP contribution in [0.15, 0.2) is 48.5 Å². The lowest BCUT2D eigenvalue weighted by Crippen LogP contribution is -2.23. The maximum atomic E-state index is 11.8. The van der Waals surface area contributed by atoms with Crippen LogP contribution in [0.4, 0.5) is 5.69 Å². The Labute approximate surface area is 137 Å². The Bertz CT molecular complexity index is 624. The summed E-state index contributed by atoms with van der Waals surface area (Å²) >= 11 is 0. The molecule has 0 spiro atoms. The van der Waals surface area contributed by atoms with E-state index in [1.807, 2.05) is 49.4 Å². The van der Waals surface area contributed by atoms with Crippen LogP contribution in [-0.4, -0.2) is 26.1 Å². The Morgan fingerprint density at radius 2 is 1.87 bits per heavy atom. The molecule has 0 fully saturated rings. The van der Waals surface area contributed by atoms with Gasteiger partial charge in [0.1, 0.15) is 5.75 Å². The number of nitrogens with one attached hydrogen (secondary N) is 2. The number of aryl methyl sites for hydroxylation is 1. The van der Waals surface area contributed by atoms with Crippen molar-refractivity contribution >= 4 is 11.6 Å². The van der Waals surface area contributed by atoms with Crippen molar-refractivity contribution in [3.05, 3.63) is 59.7 Å². The highest BCUT2D eigenvalue weighted by atomic mass is 16.5. The second-order valence-corrected chi connectivity index (χ2v) is 5.52. The van der Waals surface area contributed by atoms with E-state index >= 15 is 0 Å². The molecule has 4 nitrogen and oxygen atoms in total. The molecule has 0 aromatic heterocycles. The Hall–Kier alpha value is -2.33. The Kier molecular flexibility index (Phi) is 6.63. The van der Waals surface area contributed by atoms with Crippen LogP contribution in [-0.2, 0) is 11.2 Å². The van der Waals surface area contributed by atoms with Gasteiger partial charge in [-0.3, -0.25) is 4.79 Å². The molecule has 0 bridgehead atoms. The summed E-state index contributed by atoms with van der Waals surface area (Å²) in [5.41, 5.74) is 3.25. The molecule has 1 amide bonds. The second kappa shape index (κ2) is 8.96. The Morgan fingerprint density at radius 1 is 1.09 bits per heavy atom. The van der Waals surface area contributed by atoms with E-state index in [0.29, 0.717) is 13.0 Å². The normalized spacial score (nSPS) is 10.3. The van der Waals surface area contributed by atoms with Gasteiger partial charge in [-0.1, -0.05) is 29.8 Å². The fourth-order valence-corrected chi connectivity index (χ4v) is 2.25. The van der Waals surface area contributed by atoms with Crippen LogP contribution < -0.4 is 15.4 Å². The number of methoxy groups -OCH3 is 1. The molecule has 4 heteroatoms. The monoisotopic (exact) mass is 312 g/mol. The molecule has 0 radical (unpaired) electrons. The molecule has 0 aliphatic rings. The molecule has 23 heavy (non-hydrogen) atoms. The van der Waals surface area contributed by atoms with E-state index in [1.165, 1.54) is 11.1 Å². The van der Waals surface area contributed by atoms with Crippen LogP contribution >= 0.6 is 0 Å². The maximum Gasteiger partial charge on any atom is 0.225 e. The van der Waals surface area contributed by atoms with Crippen molar-refractivity contribution in [2.75, 3.05) is 25.5 Å². The van der Waals surface area contributed by atoms with Gasteiger partial charge in [-0.05, 0) is 49.7 Å². The second-order valence-electron chi connectivity index (χ2n) is 5.52. The summed E-state index contributed by atoms with van der Waals surface area (Å²) in [5, 5.41) is 6.19. The molecule has 0 aliphatic heterocycles. The van der Waals surface area contributed by atoms with Crippen LogP contribution in [0.3, 0.4) is 0 Å². The van der Waals surface area contributed by atoms with Gasteiger partial charge in [0, 0.05) is 18.7 Å². The lowest BCUT2D eigenvalue weighted by Gasteiger charge is -2.08. The van der Waals surface area contributed by atoms with Crippen molar-refractivity contribution < 1.29 is 9.53 Å². The van der Waals surface area contributed by atoms with E-state index in [0.717, 1.165) is 24.4 Å². The topological polar surface area (TPSA) is 50.4 Å². The minimum Gasteiger partial charge on any atom is -0.497 e. The summed E-state index contributed by atoms with van der Waals surface area (Å²) in [6.07, 6.45) is 1.38. The number of benzene rings is 2. The molecule has 2 rings (SSSR count). The molecule has 2 aromatic carbocycles. The number of hydrogen-bond acceptors (Lipinski definition) is 3. The number of amides is 1. The van der Waals surface area contributed by atoms with E-state index in [9.17, 15) is 4.79 Å². The molecule has 0 aliphatic carbocycles. The molecule has 0 unspecified atom stereocenters. The minimum atomic E-state index is 0.0303. The Balaban J connectivity index is 1.63. The predicted molar refractivity (Wildman–Crippen MR) is 94.0 cm³/mol. The average Bonchev–Trinajstić information content (AvgIpc) is 2.57. The smallest absolute Gasteiger partial charge is 0.225 e. The van der Waals surface area contributed by atoms with E-state index in [1.54, 1.807) is 7.11 Å². The van der Waals surface area contributed by atoms with Gasteiger partial charge in [0.15, 0.2) is 0 Å². The van der Waals surface area contributed by atoms with Crippen LogP contribution in [0.5, 0.6) is 5.75 Å². The van der Waals surface area contributed by atoms with Gasteiger partial charge >= 0.3 is 0 Å². The molecule has 122 valence electrons. The van der Waals surface area contributed by atoms with E-state index in [-0.39, 0.29) is 5.91 Å². The number of ether oxygens (including phenoxy) is 1. The number of carbonyl (C=O) groups excluding carboxylic acids is 1. The fraction of sp³-hybridized carbons (Fsp3) is 0.316. The molecule has 0 heterocycles. The van der Waals surface area contributed by atoms with Crippen LogP contribution in [0.2, 0.25) is 0 Å². The summed E-state index contributed by atoms with van der Waals surface area (Å²) in [6, 6.07) is 15.9. The van der Waals surface area contributed by atoms with Crippen LogP contribution in [0.25, 0.3) is 0 Å². The molecule has 2 N–H and O–H groups in total. The van der Waals surface area contributed by atoms with E-state index in [4.69, 9.17) is 4.74 Å². The highest BCUT2D eigenvalue weighted by Crippen LogP contribution is 2.12. The molecule has 0 atom stereocenters. The third-order valence-electron chi connectivity index (χ3n) is 3.59. The first-order valence-electron chi connectivity index (χ1n) is 7.87. The van der Waals surface area contributed by atoms with Crippen LogP contribution in [0, 0.1) is 6.92 Å². The zero-order chi connectivity index (χ0) is 16.5. The van der Waals surface area contributed by atoms with E-state index < -0.39 is 0 Å². The number of anilines is 1. The highest BCUT2D eigenvalue weighted by molar-refractivity contribution is 5.90. The largest absolute Gasteiger partial charge is 0.497 e. The van der Waals surface area contributed by atoms with Crippen molar-refractivity contribution in [1.29, 1.82) is 0 Å². The van der Waals surface area contributed by atoms with Gasteiger partial charge in [-0.2, -0.15) is 0 Å². The highest BCUT2D eigenvalue weighted by Gasteiger charge is 2.02. The van der Waals surface area contributed by atoms with Gasteiger partial charge in [0.25, 0.3) is 0 Å². The molecule has 0 saturated heterocycles. The van der Waals surface area contributed by atoms with Gasteiger partial charge < -0.3 is 15.4 Å². The minimum absolute atomic E-state index is 0.0303. The summed E-state index contributed by atoms with van der Waals surface area (Å²) in [6.45, 7) is 3.53. The first-order valence-corrected chi connectivity index (χ1v) is 7.87. The van der Waals surface area contributed by atoms with Crippen molar-refractivity contribution in [3.63, 3.8) is 0 Å². The first kappa shape index (κ1) is 17.0. The number of rotatable bonds is 8. The molecule has 0 saturated carbocycles. The van der Waals surface area contributed by atoms with Crippen LogP contribution in [0.1, 0.15) is 17.5 Å². The first-order chi connectivity index (χ1) is 11.2. The molecule has 2 aromatic rings. The standard InChI is InChI=1S/C19H24N2O2/c1-15-6-8-17(9-7-15)21-19(22)11-13-20-12-10-16-4-3-5-18(14-16)23-2/h3-9,14,20H,10-13H2,1-2H3,(H,21,22). The van der Waals surface area contributed by atoms with Gasteiger partial charge in [0.2, 0.25) is 5.91 Å². The number of hydrogen-bond donors (Lipinski definition) is 2. The van der Waals surface area contributed by atoms with Crippen molar-refractivity contribution in [3.8, 4) is 5.75 Å². The lowest BCUT2D eigenvalue weighted by atomic mass is 10.1. The summed E-state index contributed by atoms with van der Waals surface area (Å²) < 4.78 is 5.20. The summed E-state index contributed by atoms with van der Waals surface area (Å²) in [5.74, 6) is 0.905. The predicted octanol–water partition coefficient (Wildman–Crippen LogP) is 3.16. The van der Waals surface area contributed by atoms with Gasteiger partial charge in [0.05, 0.1) is 7.11 Å². The molecular weight excluding hydrogens is 288 g/mol. The lowest BCUT2D eigenvalue weighted by molar-refractivity contribution is -0.116. The third-order valence-corrected chi connectivity index (χ3v) is 3.59. The average molecular weight is 312 g/mol. The zero-order valence-corrected chi connectivity index (χ0v) is 13.8. The summed E-state index contributed by atoms with van der Waals surface area (Å²) in [4.78, 5) is 11.8. The molecular formula is C19H24N2O2. The SMILES string of the molecule is COc1cccc(CCNCCC(=O)Nc2ccc(C)cc2)c1. The van der Waals surface area contributed by atoms with Crippen molar-refractivity contribution in [1.82, 2.24) is 5.32 Å². The van der Waals surface area contributed by atoms with Crippen molar-refractivity contribution in [2.24, 2.45) is 0 Å². The number of carbonyl (C=O) groups is 1. The van der Waals surface area contributed by atoms with Gasteiger partial charge in [-0.25, -0.2) is 0 Å². The third kappa shape index (κ3) is 6.12.